The maximum absolute atomic E-state index is 14.8. The minimum absolute atomic E-state index is 0.114. The molecule has 3 aromatic heterocycles. The highest BCUT2D eigenvalue weighted by molar-refractivity contribution is 5.89. The Bertz CT molecular complexity index is 1560. The van der Waals surface area contributed by atoms with Gasteiger partial charge in [-0.05, 0) is 49.7 Å². The zero-order valence-corrected chi connectivity index (χ0v) is 19.0. The average Bonchev–Trinajstić information content (AvgIpc) is 3.25. The van der Waals surface area contributed by atoms with Gasteiger partial charge in [0.05, 0.1) is 24.7 Å². The topological polar surface area (TPSA) is 78.6 Å². The quantitative estimate of drug-likeness (QED) is 0.375. The number of ether oxygens (including phenoxy) is 1. The highest BCUT2D eigenvalue weighted by atomic mass is 19.1. The number of hydrogen-bond donors (Lipinski definition) is 0. The second-order valence-electron chi connectivity index (χ2n) is 7.94. The molecule has 0 fully saturated rings. The predicted molar refractivity (Wildman–Crippen MR) is 124 cm³/mol. The normalized spacial score (nSPS) is 11.2. The Morgan fingerprint density at radius 3 is 2.32 bits per heavy atom. The van der Waals surface area contributed by atoms with Gasteiger partial charge in [-0.3, -0.25) is 4.68 Å². The molecule has 2 aromatic carbocycles. The van der Waals surface area contributed by atoms with E-state index >= 15 is 0 Å². The summed E-state index contributed by atoms with van der Waals surface area (Å²) >= 11 is 0. The summed E-state index contributed by atoms with van der Waals surface area (Å²) in [5, 5.41) is 4.23. The van der Waals surface area contributed by atoms with E-state index in [1.165, 1.54) is 12.1 Å². The van der Waals surface area contributed by atoms with E-state index in [2.05, 4.69) is 25.0 Å². The highest BCUT2D eigenvalue weighted by Crippen LogP contribution is 2.33. The molecule has 0 radical (unpaired) electrons. The summed E-state index contributed by atoms with van der Waals surface area (Å²) < 4.78 is 35.6. The largest absolute Gasteiger partial charge is 0.497 e. The summed E-state index contributed by atoms with van der Waals surface area (Å²) in [6.07, 6.45) is 3.63. The lowest BCUT2D eigenvalue weighted by Gasteiger charge is -2.12. The second-order valence-corrected chi connectivity index (χ2v) is 7.94. The molecule has 0 N–H and O–H groups in total. The predicted octanol–water partition coefficient (Wildman–Crippen LogP) is 5.06. The molecule has 9 heteroatoms. The molecule has 0 unspecified atom stereocenters. The van der Waals surface area contributed by atoms with E-state index in [1.807, 2.05) is 39.2 Å². The van der Waals surface area contributed by atoms with Gasteiger partial charge >= 0.3 is 0 Å². The number of rotatable bonds is 4. The van der Waals surface area contributed by atoms with E-state index in [9.17, 15) is 8.78 Å². The molecule has 34 heavy (non-hydrogen) atoms. The minimum atomic E-state index is -0.743. The van der Waals surface area contributed by atoms with Gasteiger partial charge in [0.1, 0.15) is 28.6 Å². The molecule has 3 heterocycles. The van der Waals surface area contributed by atoms with Crippen LogP contribution in [0.1, 0.15) is 11.4 Å². The van der Waals surface area contributed by atoms with Crippen molar-refractivity contribution in [2.24, 2.45) is 7.05 Å². The Labute approximate surface area is 194 Å². The molecule has 5 rings (SSSR count). The second kappa shape index (κ2) is 8.26. The fraction of sp³-hybridized carbons (Fsp3) is 0.160. The lowest BCUT2D eigenvalue weighted by molar-refractivity contribution is 0.415. The van der Waals surface area contributed by atoms with E-state index in [-0.39, 0.29) is 11.3 Å². The third-order valence-electron chi connectivity index (χ3n) is 5.57. The van der Waals surface area contributed by atoms with Crippen molar-refractivity contribution in [2.75, 3.05) is 7.11 Å². The van der Waals surface area contributed by atoms with Crippen molar-refractivity contribution in [1.29, 1.82) is 0 Å². The number of benzene rings is 2. The summed E-state index contributed by atoms with van der Waals surface area (Å²) in [6.45, 7) is 3.64. The SMILES string of the molecule is COc1cc(-c2cnn(C)c2)cc(-c2nc(-c3ccc(F)cc3F)c3nc(C)c(C)nc3n2)c1. The summed E-state index contributed by atoms with van der Waals surface area (Å²) in [7, 11) is 3.41. The maximum atomic E-state index is 14.8. The van der Waals surface area contributed by atoms with Crippen LogP contribution in [0.25, 0.3) is 44.9 Å². The Kier molecular flexibility index (Phi) is 5.24. The van der Waals surface area contributed by atoms with Crippen molar-refractivity contribution in [3.63, 3.8) is 0 Å². The third-order valence-corrected chi connectivity index (χ3v) is 5.57. The summed E-state index contributed by atoms with van der Waals surface area (Å²) in [4.78, 5) is 18.4. The first-order valence-corrected chi connectivity index (χ1v) is 10.5. The molecule has 0 bridgehead atoms. The van der Waals surface area contributed by atoms with Crippen LogP contribution in [0.4, 0.5) is 8.78 Å². The molecule has 7 nitrogen and oxygen atoms in total. The van der Waals surface area contributed by atoms with Crippen LogP contribution in [-0.4, -0.2) is 36.8 Å². The molecule has 0 aliphatic rings. The Morgan fingerprint density at radius 2 is 1.62 bits per heavy atom. The van der Waals surface area contributed by atoms with Crippen LogP contribution in [0.15, 0.2) is 48.8 Å². The lowest BCUT2D eigenvalue weighted by Crippen LogP contribution is -2.03. The fourth-order valence-electron chi connectivity index (χ4n) is 3.69. The molecular formula is C25H20F2N6O. The lowest BCUT2D eigenvalue weighted by atomic mass is 10.0. The summed E-state index contributed by atoms with van der Waals surface area (Å²) in [6, 6.07) is 8.94. The number of halogens is 2. The highest BCUT2D eigenvalue weighted by Gasteiger charge is 2.19. The number of aromatic nitrogens is 6. The number of aryl methyl sites for hydroxylation is 3. The molecular weight excluding hydrogens is 438 g/mol. The molecule has 0 atom stereocenters. The van der Waals surface area contributed by atoms with Crippen LogP contribution in [0.5, 0.6) is 5.75 Å². The van der Waals surface area contributed by atoms with Gasteiger partial charge in [0.15, 0.2) is 11.5 Å². The molecule has 5 aromatic rings. The minimum Gasteiger partial charge on any atom is -0.497 e. The van der Waals surface area contributed by atoms with Crippen molar-refractivity contribution in [3.8, 4) is 39.5 Å². The number of methoxy groups -OCH3 is 1. The zero-order valence-electron chi connectivity index (χ0n) is 19.0. The van der Waals surface area contributed by atoms with E-state index in [4.69, 9.17) is 4.74 Å². The number of fused-ring (bicyclic) bond motifs is 1. The van der Waals surface area contributed by atoms with Gasteiger partial charge in [0.25, 0.3) is 0 Å². The van der Waals surface area contributed by atoms with Gasteiger partial charge in [-0.25, -0.2) is 28.7 Å². The van der Waals surface area contributed by atoms with Crippen molar-refractivity contribution in [1.82, 2.24) is 29.7 Å². The zero-order chi connectivity index (χ0) is 24.0. The monoisotopic (exact) mass is 458 g/mol. The Morgan fingerprint density at radius 1 is 0.853 bits per heavy atom. The molecule has 0 saturated heterocycles. The van der Waals surface area contributed by atoms with Gasteiger partial charge in [-0.2, -0.15) is 5.10 Å². The van der Waals surface area contributed by atoms with E-state index < -0.39 is 11.6 Å². The first kappa shape index (κ1) is 21.6. The van der Waals surface area contributed by atoms with Gasteiger partial charge in [-0.15, -0.1) is 0 Å². The summed E-state index contributed by atoms with van der Waals surface area (Å²) in [5.74, 6) is -0.506. The molecule has 0 amide bonds. The van der Waals surface area contributed by atoms with Crippen LogP contribution in [-0.2, 0) is 7.05 Å². The van der Waals surface area contributed by atoms with E-state index in [1.54, 1.807) is 24.1 Å². The maximum Gasteiger partial charge on any atom is 0.182 e. The van der Waals surface area contributed by atoms with Gasteiger partial charge in [-0.1, -0.05) is 0 Å². The van der Waals surface area contributed by atoms with Crippen LogP contribution in [0.3, 0.4) is 0 Å². The van der Waals surface area contributed by atoms with E-state index in [0.717, 1.165) is 17.2 Å². The summed E-state index contributed by atoms with van der Waals surface area (Å²) in [5.41, 5.74) is 4.76. The smallest absolute Gasteiger partial charge is 0.182 e. The molecule has 0 aliphatic heterocycles. The van der Waals surface area contributed by atoms with Crippen molar-refractivity contribution >= 4 is 11.2 Å². The van der Waals surface area contributed by atoms with Crippen molar-refractivity contribution < 1.29 is 13.5 Å². The molecule has 170 valence electrons. The van der Waals surface area contributed by atoms with Crippen LogP contribution < -0.4 is 4.74 Å². The molecule has 0 spiro atoms. The van der Waals surface area contributed by atoms with Gasteiger partial charge in [0, 0.05) is 36.0 Å². The first-order chi connectivity index (χ1) is 16.3. The van der Waals surface area contributed by atoms with Crippen LogP contribution >= 0.6 is 0 Å². The Hall–Kier alpha value is -4.27. The Balaban J connectivity index is 1.79. The van der Waals surface area contributed by atoms with Crippen molar-refractivity contribution in [2.45, 2.75) is 13.8 Å². The number of nitrogens with zero attached hydrogens (tertiary/aromatic N) is 6. The molecule has 0 aliphatic carbocycles. The van der Waals surface area contributed by atoms with Gasteiger partial charge < -0.3 is 4.74 Å². The van der Waals surface area contributed by atoms with Crippen molar-refractivity contribution in [3.05, 3.63) is 71.8 Å². The number of hydrogen-bond acceptors (Lipinski definition) is 6. The average molecular weight is 458 g/mol. The van der Waals surface area contributed by atoms with E-state index in [0.29, 0.717) is 39.7 Å². The molecule has 0 saturated carbocycles. The van der Waals surface area contributed by atoms with Crippen LogP contribution in [0.2, 0.25) is 0 Å². The standard InChI is InChI=1S/C25H20F2N6O/c1-13-14(2)30-25-23(29-13)22(20-6-5-18(26)10-21(20)27)31-24(32-25)16-7-15(8-19(9-16)34-4)17-11-28-33(3)12-17/h5-12H,1-4H3. The first-order valence-electron chi connectivity index (χ1n) is 10.5. The van der Waals surface area contributed by atoms with Crippen LogP contribution in [0, 0.1) is 25.5 Å². The third kappa shape index (κ3) is 3.85. The van der Waals surface area contributed by atoms with Gasteiger partial charge in [0.2, 0.25) is 0 Å². The fourth-order valence-corrected chi connectivity index (χ4v) is 3.69.